The molecule has 0 bridgehead atoms. The van der Waals surface area contributed by atoms with E-state index in [2.05, 4.69) is 21.2 Å². The van der Waals surface area contributed by atoms with Crippen molar-refractivity contribution in [3.8, 4) is 0 Å². The van der Waals surface area contributed by atoms with Crippen molar-refractivity contribution in [2.45, 2.75) is 32.0 Å². The number of carbonyl (C=O) groups excluding carboxylic acids is 1. The number of halogens is 4. The fourth-order valence-electron chi connectivity index (χ4n) is 1.50. The molecular formula is C12H14BrF3N2O. The molecule has 1 aromatic carbocycles. The van der Waals surface area contributed by atoms with Crippen molar-refractivity contribution in [3.63, 3.8) is 0 Å². The van der Waals surface area contributed by atoms with Crippen LogP contribution in [0.2, 0.25) is 0 Å². The monoisotopic (exact) mass is 338 g/mol. The van der Waals surface area contributed by atoms with Gasteiger partial charge in [-0.1, -0.05) is 29.3 Å². The maximum absolute atomic E-state index is 12.7. The maximum atomic E-state index is 12.7. The second-order valence-electron chi connectivity index (χ2n) is 4.08. The number of rotatable bonds is 4. The molecule has 1 atom stereocenters. The zero-order chi connectivity index (χ0) is 14.6. The van der Waals surface area contributed by atoms with E-state index in [4.69, 9.17) is 5.73 Å². The fourth-order valence-corrected chi connectivity index (χ4v) is 1.97. The van der Waals surface area contributed by atoms with Crippen molar-refractivity contribution >= 4 is 27.5 Å². The van der Waals surface area contributed by atoms with Gasteiger partial charge in [-0.3, -0.25) is 4.79 Å². The minimum atomic E-state index is -4.48. The van der Waals surface area contributed by atoms with Crippen LogP contribution in [0.3, 0.4) is 0 Å². The molecule has 0 saturated heterocycles. The molecule has 1 amide bonds. The van der Waals surface area contributed by atoms with Gasteiger partial charge in [0.15, 0.2) is 0 Å². The van der Waals surface area contributed by atoms with E-state index in [0.29, 0.717) is 6.42 Å². The van der Waals surface area contributed by atoms with Gasteiger partial charge in [-0.05, 0) is 24.6 Å². The molecular weight excluding hydrogens is 325 g/mol. The Morgan fingerprint density at radius 3 is 2.63 bits per heavy atom. The highest BCUT2D eigenvalue weighted by Crippen LogP contribution is 2.36. The minimum Gasteiger partial charge on any atom is -0.325 e. The van der Waals surface area contributed by atoms with E-state index < -0.39 is 23.7 Å². The molecule has 0 aliphatic heterocycles. The number of benzene rings is 1. The summed E-state index contributed by atoms with van der Waals surface area (Å²) in [5, 5.41) is 2.38. The van der Waals surface area contributed by atoms with Crippen molar-refractivity contribution in [3.05, 3.63) is 28.2 Å². The Labute approximate surface area is 117 Å². The SMILES string of the molecule is CCCC(N)C(=O)Nc1ccc(Br)c(C(F)(F)F)c1. The molecule has 0 aliphatic carbocycles. The lowest BCUT2D eigenvalue weighted by Gasteiger charge is -2.14. The molecule has 3 N–H and O–H groups in total. The third-order valence-corrected chi connectivity index (χ3v) is 3.17. The largest absolute Gasteiger partial charge is 0.417 e. The molecule has 0 aromatic heterocycles. The second-order valence-corrected chi connectivity index (χ2v) is 4.93. The molecule has 0 saturated carbocycles. The lowest BCUT2D eigenvalue weighted by molar-refractivity contribution is -0.138. The predicted molar refractivity (Wildman–Crippen MR) is 70.7 cm³/mol. The number of hydrogen-bond donors (Lipinski definition) is 2. The van der Waals surface area contributed by atoms with Crippen LogP contribution in [-0.2, 0) is 11.0 Å². The molecule has 1 rings (SSSR count). The van der Waals surface area contributed by atoms with Crippen LogP contribution in [0.1, 0.15) is 25.3 Å². The highest BCUT2D eigenvalue weighted by atomic mass is 79.9. The van der Waals surface area contributed by atoms with Gasteiger partial charge in [0.1, 0.15) is 0 Å². The standard InChI is InChI=1S/C12H14BrF3N2O/c1-2-3-10(17)11(19)18-7-4-5-9(13)8(6-7)12(14,15)16/h4-6,10H,2-3,17H2,1H3,(H,18,19). The van der Waals surface area contributed by atoms with E-state index in [1.165, 1.54) is 12.1 Å². The molecule has 0 aliphatic rings. The van der Waals surface area contributed by atoms with Crippen LogP contribution < -0.4 is 11.1 Å². The van der Waals surface area contributed by atoms with Crippen LogP contribution in [0.5, 0.6) is 0 Å². The Morgan fingerprint density at radius 1 is 1.47 bits per heavy atom. The molecule has 3 nitrogen and oxygen atoms in total. The number of anilines is 1. The molecule has 0 radical (unpaired) electrons. The van der Waals surface area contributed by atoms with E-state index >= 15 is 0 Å². The first kappa shape index (κ1) is 16.0. The van der Waals surface area contributed by atoms with E-state index in [0.717, 1.165) is 12.5 Å². The van der Waals surface area contributed by atoms with Crippen LogP contribution in [0.15, 0.2) is 22.7 Å². The van der Waals surface area contributed by atoms with E-state index in [1.54, 1.807) is 0 Å². The zero-order valence-electron chi connectivity index (χ0n) is 10.2. The van der Waals surface area contributed by atoms with Crippen molar-refractivity contribution in [1.29, 1.82) is 0 Å². The summed E-state index contributed by atoms with van der Waals surface area (Å²) in [4.78, 5) is 11.6. The van der Waals surface area contributed by atoms with Gasteiger partial charge in [-0.25, -0.2) is 0 Å². The van der Waals surface area contributed by atoms with Crippen LogP contribution >= 0.6 is 15.9 Å². The third-order valence-electron chi connectivity index (χ3n) is 2.48. The average molecular weight is 339 g/mol. The Morgan fingerprint density at radius 2 is 2.11 bits per heavy atom. The molecule has 7 heteroatoms. The summed E-state index contributed by atoms with van der Waals surface area (Å²) in [7, 11) is 0. The smallest absolute Gasteiger partial charge is 0.325 e. The van der Waals surface area contributed by atoms with E-state index in [1.807, 2.05) is 6.92 Å². The molecule has 1 unspecified atom stereocenters. The van der Waals surface area contributed by atoms with E-state index in [9.17, 15) is 18.0 Å². The number of amides is 1. The third kappa shape index (κ3) is 4.50. The Bertz CT molecular complexity index is 463. The summed E-state index contributed by atoms with van der Waals surface area (Å²) < 4.78 is 38.0. The van der Waals surface area contributed by atoms with Crippen molar-refractivity contribution < 1.29 is 18.0 Å². The van der Waals surface area contributed by atoms with E-state index in [-0.39, 0.29) is 10.2 Å². The molecule has 0 spiro atoms. The summed E-state index contributed by atoms with van der Waals surface area (Å²) in [5.41, 5.74) is 4.82. The quantitative estimate of drug-likeness (QED) is 0.882. The van der Waals surface area contributed by atoms with Crippen LogP contribution in [-0.4, -0.2) is 11.9 Å². The van der Waals surface area contributed by atoms with Crippen molar-refractivity contribution in [2.24, 2.45) is 5.73 Å². The topological polar surface area (TPSA) is 55.1 Å². The van der Waals surface area contributed by atoms with Crippen LogP contribution in [0, 0.1) is 0 Å². The minimum absolute atomic E-state index is 0.0733. The van der Waals surface area contributed by atoms with Crippen molar-refractivity contribution in [2.75, 3.05) is 5.32 Å². The predicted octanol–water partition coefficient (Wildman–Crippen LogP) is 3.53. The van der Waals surface area contributed by atoms with Gasteiger partial charge in [0, 0.05) is 10.2 Å². The lowest BCUT2D eigenvalue weighted by Crippen LogP contribution is -2.35. The first-order valence-electron chi connectivity index (χ1n) is 5.69. The highest BCUT2D eigenvalue weighted by Gasteiger charge is 2.33. The normalized spacial score (nSPS) is 13.2. The zero-order valence-corrected chi connectivity index (χ0v) is 11.8. The number of nitrogens with one attached hydrogen (secondary N) is 1. The molecule has 19 heavy (non-hydrogen) atoms. The van der Waals surface area contributed by atoms with Gasteiger partial charge in [0.05, 0.1) is 11.6 Å². The summed E-state index contributed by atoms with van der Waals surface area (Å²) in [5.74, 6) is -0.489. The van der Waals surface area contributed by atoms with Gasteiger partial charge in [0.2, 0.25) is 5.91 Å². The van der Waals surface area contributed by atoms with Crippen molar-refractivity contribution in [1.82, 2.24) is 0 Å². The highest BCUT2D eigenvalue weighted by molar-refractivity contribution is 9.10. The summed E-state index contributed by atoms with van der Waals surface area (Å²) in [6, 6.07) is 2.78. The first-order valence-corrected chi connectivity index (χ1v) is 6.48. The molecule has 106 valence electrons. The number of nitrogens with two attached hydrogens (primary N) is 1. The summed E-state index contributed by atoms with van der Waals surface area (Å²) in [6.07, 6.45) is -3.28. The van der Waals surface area contributed by atoms with Gasteiger partial charge in [-0.15, -0.1) is 0 Å². The molecule has 1 aromatic rings. The van der Waals surface area contributed by atoms with Crippen LogP contribution in [0.25, 0.3) is 0 Å². The Kier molecular flexibility index (Phi) is 5.37. The van der Waals surface area contributed by atoms with Gasteiger partial charge in [-0.2, -0.15) is 13.2 Å². The molecule has 0 heterocycles. The summed E-state index contributed by atoms with van der Waals surface area (Å²) in [6.45, 7) is 1.87. The molecule has 0 fully saturated rings. The van der Waals surface area contributed by atoms with Crippen LogP contribution in [0.4, 0.5) is 18.9 Å². The summed E-state index contributed by atoms with van der Waals surface area (Å²) >= 11 is 2.83. The lowest BCUT2D eigenvalue weighted by atomic mass is 10.1. The fraction of sp³-hybridized carbons (Fsp3) is 0.417. The maximum Gasteiger partial charge on any atom is 0.417 e. The Balaban J connectivity index is 2.89. The number of hydrogen-bond acceptors (Lipinski definition) is 2. The Hall–Kier alpha value is -1.08. The average Bonchev–Trinajstić information content (AvgIpc) is 2.30. The van der Waals surface area contributed by atoms with Gasteiger partial charge < -0.3 is 11.1 Å². The second kappa shape index (κ2) is 6.38. The number of alkyl halides is 3. The number of carbonyl (C=O) groups is 1. The van der Waals surface area contributed by atoms with Gasteiger partial charge in [0.25, 0.3) is 0 Å². The first-order chi connectivity index (χ1) is 8.75. The van der Waals surface area contributed by atoms with Gasteiger partial charge >= 0.3 is 6.18 Å².